The van der Waals surface area contributed by atoms with Crippen LogP contribution in [0.15, 0.2) is 52.4 Å². The van der Waals surface area contributed by atoms with Crippen molar-refractivity contribution in [2.75, 3.05) is 13.1 Å². The van der Waals surface area contributed by atoms with Crippen LogP contribution in [0.5, 0.6) is 0 Å². The van der Waals surface area contributed by atoms with Crippen LogP contribution >= 0.6 is 35.7 Å². The van der Waals surface area contributed by atoms with E-state index in [1.807, 2.05) is 18.7 Å². The van der Waals surface area contributed by atoms with Gasteiger partial charge in [-0.05, 0) is 31.9 Å². The third kappa shape index (κ3) is 6.20. The molecule has 3 nitrogen and oxygen atoms in total. The van der Waals surface area contributed by atoms with Crippen LogP contribution in [-0.4, -0.2) is 23.8 Å². The van der Waals surface area contributed by atoms with Crippen LogP contribution in [0.4, 0.5) is 0 Å². The number of nitrogens with zero attached hydrogens (tertiary/aromatic N) is 1. The van der Waals surface area contributed by atoms with Crippen molar-refractivity contribution in [3.05, 3.63) is 42.5 Å². The van der Waals surface area contributed by atoms with E-state index in [4.69, 9.17) is 5.73 Å². The monoisotopic (exact) mass is 431 g/mol. The van der Waals surface area contributed by atoms with Crippen molar-refractivity contribution in [1.29, 1.82) is 0 Å². The van der Waals surface area contributed by atoms with Crippen molar-refractivity contribution in [3.63, 3.8) is 0 Å². The first-order valence-corrected chi connectivity index (χ1v) is 8.34. The van der Waals surface area contributed by atoms with Gasteiger partial charge in [-0.15, -0.1) is 35.7 Å². The summed E-state index contributed by atoms with van der Waals surface area (Å²) in [7, 11) is 0. The predicted molar refractivity (Wildman–Crippen MR) is 108 cm³/mol. The third-order valence-electron chi connectivity index (χ3n) is 3.70. The van der Waals surface area contributed by atoms with Crippen LogP contribution < -0.4 is 11.1 Å². The lowest BCUT2D eigenvalue weighted by Gasteiger charge is -2.26. The molecule has 0 aromatic heterocycles. The Balaban J connectivity index is 0.00000242. The second-order valence-corrected chi connectivity index (χ2v) is 7.36. The molecule has 0 radical (unpaired) electrons. The van der Waals surface area contributed by atoms with E-state index in [2.05, 4.69) is 47.2 Å². The summed E-state index contributed by atoms with van der Waals surface area (Å²) in [5.41, 5.74) is 7.00. The zero-order chi connectivity index (χ0) is 15.1. The zero-order valence-corrected chi connectivity index (χ0v) is 16.3. The predicted octanol–water partition coefficient (Wildman–Crippen LogP) is 4.19. The van der Waals surface area contributed by atoms with E-state index < -0.39 is 0 Å². The van der Waals surface area contributed by atoms with Gasteiger partial charge in [0.1, 0.15) is 0 Å². The molecule has 1 aliphatic rings. The van der Waals surface area contributed by atoms with Gasteiger partial charge in [-0.25, -0.2) is 0 Å². The Hall–Kier alpha value is -0.690. The van der Waals surface area contributed by atoms with Gasteiger partial charge in [0.2, 0.25) is 0 Å². The van der Waals surface area contributed by atoms with E-state index in [1.54, 1.807) is 0 Å². The number of halogens is 1. The molecule has 122 valence electrons. The third-order valence-corrected chi connectivity index (χ3v) is 5.18. The minimum atomic E-state index is 0. The number of aliphatic imine (C=N–C) groups is 1. The van der Waals surface area contributed by atoms with Crippen LogP contribution in [0.1, 0.15) is 32.6 Å². The molecule has 0 atom stereocenters. The van der Waals surface area contributed by atoms with E-state index in [1.165, 1.54) is 30.6 Å². The van der Waals surface area contributed by atoms with Crippen LogP contribution in [0.25, 0.3) is 0 Å². The lowest BCUT2D eigenvalue weighted by Crippen LogP contribution is -2.35. The molecule has 1 fully saturated rings. The fourth-order valence-electron chi connectivity index (χ4n) is 2.58. The van der Waals surface area contributed by atoms with Gasteiger partial charge in [-0.2, -0.15) is 0 Å². The molecule has 0 heterocycles. The second kappa shape index (κ2) is 9.45. The minimum Gasteiger partial charge on any atom is -0.370 e. The van der Waals surface area contributed by atoms with Gasteiger partial charge in [-0.1, -0.05) is 43.2 Å². The summed E-state index contributed by atoms with van der Waals surface area (Å²) < 4.78 is 0.205. The van der Waals surface area contributed by atoms with Crippen molar-refractivity contribution in [1.82, 2.24) is 5.32 Å². The molecule has 1 saturated carbocycles. The van der Waals surface area contributed by atoms with Crippen LogP contribution in [0, 0.1) is 0 Å². The molecule has 1 aliphatic carbocycles. The largest absolute Gasteiger partial charge is 0.370 e. The molecule has 1 aromatic carbocycles. The normalized spacial score (nSPS) is 16.9. The Morgan fingerprint density at radius 2 is 1.95 bits per heavy atom. The van der Waals surface area contributed by atoms with Gasteiger partial charge in [0.25, 0.3) is 0 Å². The van der Waals surface area contributed by atoms with Crippen LogP contribution in [0.3, 0.4) is 0 Å². The topological polar surface area (TPSA) is 50.4 Å². The van der Waals surface area contributed by atoms with Crippen LogP contribution in [-0.2, 0) is 0 Å². The van der Waals surface area contributed by atoms with E-state index in [0.29, 0.717) is 12.5 Å². The number of hydrogen-bond donors (Lipinski definition) is 2. The highest BCUT2D eigenvalue weighted by atomic mass is 127. The number of hydrogen-bond acceptors (Lipinski definition) is 2. The Labute approximate surface area is 155 Å². The molecule has 0 amide bonds. The zero-order valence-electron chi connectivity index (χ0n) is 13.2. The molecule has 0 aliphatic heterocycles. The number of nitrogens with two attached hydrogens (primary N) is 1. The summed E-state index contributed by atoms with van der Waals surface area (Å²) in [6.45, 7) is 7.30. The van der Waals surface area contributed by atoms with Crippen LogP contribution in [0.2, 0.25) is 0 Å². The first-order valence-electron chi connectivity index (χ1n) is 7.52. The highest BCUT2D eigenvalue weighted by Gasteiger charge is 2.34. The van der Waals surface area contributed by atoms with E-state index in [0.717, 1.165) is 12.1 Å². The summed E-state index contributed by atoms with van der Waals surface area (Å²) in [6, 6.07) is 10.6. The maximum Gasteiger partial charge on any atom is 0.188 e. The second-order valence-electron chi connectivity index (χ2n) is 5.82. The first-order chi connectivity index (χ1) is 10.1. The lowest BCUT2D eigenvalue weighted by molar-refractivity contribution is 0.618. The van der Waals surface area contributed by atoms with E-state index >= 15 is 0 Å². The van der Waals surface area contributed by atoms with Crippen molar-refractivity contribution < 1.29 is 0 Å². The first kappa shape index (κ1) is 19.4. The number of thioether (sulfide) groups is 1. The molecular weight excluding hydrogens is 405 g/mol. The van der Waals surface area contributed by atoms with Gasteiger partial charge in [0.05, 0.1) is 6.54 Å². The quantitative estimate of drug-likeness (QED) is 0.307. The van der Waals surface area contributed by atoms with E-state index in [-0.39, 0.29) is 28.7 Å². The Morgan fingerprint density at radius 1 is 1.32 bits per heavy atom. The molecule has 0 spiro atoms. The number of rotatable bonds is 6. The smallest absolute Gasteiger partial charge is 0.188 e. The van der Waals surface area contributed by atoms with Crippen molar-refractivity contribution in [2.24, 2.45) is 10.7 Å². The molecule has 2 rings (SSSR count). The fraction of sp³-hybridized carbons (Fsp3) is 0.471. The highest BCUT2D eigenvalue weighted by molar-refractivity contribution is 14.0. The van der Waals surface area contributed by atoms with Crippen molar-refractivity contribution in [3.8, 4) is 0 Å². The van der Waals surface area contributed by atoms with E-state index in [9.17, 15) is 0 Å². The molecule has 0 unspecified atom stereocenters. The summed E-state index contributed by atoms with van der Waals surface area (Å²) in [6.07, 6.45) is 5.00. The van der Waals surface area contributed by atoms with Crippen molar-refractivity contribution in [2.45, 2.75) is 42.2 Å². The summed E-state index contributed by atoms with van der Waals surface area (Å²) >= 11 is 1.96. The number of nitrogens with one attached hydrogen (secondary N) is 1. The Morgan fingerprint density at radius 3 is 2.55 bits per heavy atom. The van der Waals surface area contributed by atoms with Crippen molar-refractivity contribution >= 4 is 41.7 Å². The van der Waals surface area contributed by atoms with Gasteiger partial charge >= 0.3 is 0 Å². The maximum absolute atomic E-state index is 5.94. The summed E-state index contributed by atoms with van der Waals surface area (Å²) in [5, 5.41) is 3.11. The SMILES string of the molecule is C=C(C)CNC(N)=NCC1(Sc2ccccc2)CCCC1.I. The average Bonchev–Trinajstić information content (AvgIpc) is 2.93. The molecule has 0 bridgehead atoms. The average molecular weight is 431 g/mol. The maximum atomic E-state index is 5.94. The molecule has 1 aromatic rings. The number of guanidine groups is 1. The Kier molecular flexibility index (Phi) is 8.31. The minimum absolute atomic E-state index is 0. The molecule has 0 saturated heterocycles. The molecular formula is C17H26IN3S. The lowest BCUT2D eigenvalue weighted by atomic mass is 10.1. The Bertz CT molecular complexity index is 496. The number of benzene rings is 1. The molecule has 3 N–H and O–H groups in total. The summed E-state index contributed by atoms with van der Waals surface area (Å²) in [4.78, 5) is 5.89. The highest BCUT2D eigenvalue weighted by Crippen LogP contribution is 2.45. The van der Waals surface area contributed by atoms with Gasteiger partial charge in [0, 0.05) is 16.2 Å². The standard InChI is InChI=1S/C17H25N3S.HI/c1-14(2)12-19-16(18)20-13-17(10-6-7-11-17)21-15-8-4-3-5-9-15;/h3-5,8-9H,1,6-7,10-13H2,2H3,(H3,18,19,20);1H. The fourth-order valence-corrected chi connectivity index (χ4v) is 3.99. The molecule has 22 heavy (non-hydrogen) atoms. The van der Waals surface area contributed by atoms with Gasteiger partial charge < -0.3 is 11.1 Å². The van der Waals surface area contributed by atoms with Gasteiger partial charge in [-0.3, -0.25) is 4.99 Å². The van der Waals surface area contributed by atoms with Gasteiger partial charge in [0.15, 0.2) is 5.96 Å². The molecule has 5 heteroatoms. The summed E-state index contributed by atoms with van der Waals surface area (Å²) in [5.74, 6) is 0.526.